The summed E-state index contributed by atoms with van der Waals surface area (Å²) in [6.07, 6.45) is 11.8. The van der Waals surface area contributed by atoms with Gasteiger partial charge in [0.05, 0.1) is 0 Å². The topological polar surface area (TPSA) is 0 Å². The van der Waals surface area contributed by atoms with Crippen LogP contribution in [-0.4, -0.2) is 0 Å². The van der Waals surface area contributed by atoms with Gasteiger partial charge in [-0.25, -0.2) is 0 Å². The van der Waals surface area contributed by atoms with Crippen molar-refractivity contribution in [3.05, 3.63) is 34.3 Å². The largest absolute Gasteiger partial charge is 0.0891 e. The first-order chi connectivity index (χ1) is 10.3. The van der Waals surface area contributed by atoms with Crippen molar-refractivity contribution in [3.8, 4) is 23.7 Å². The van der Waals surface area contributed by atoms with Crippen LogP contribution in [0.5, 0.6) is 0 Å². The average Bonchev–Trinajstić information content (AvgIpc) is 2.50. The maximum atomic E-state index is 3.41. The molecule has 0 aromatic heterocycles. The predicted octanol–water partition coefficient (Wildman–Crippen LogP) is 6.33. The molecule has 0 saturated carbocycles. The summed E-state index contributed by atoms with van der Waals surface area (Å²) in [5.74, 6) is 12.1. The summed E-state index contributed by atoms with van der Waals surface area (Å²) < 4.78 is 1.08. The summed E-state index contributed by atoms with van der Waals surface area (Å²) in [4.78, 5) is 0. The van der Waals surface area contributed by atoms with Crippen LogP contribution in [0, 0.1) is 23.7 Å². The Bertz CT molecular complexity index is 491. The number of unbranched alkanes of at least 4 members (excludes halogenated alkanes) is 8. The molecule has 1 heteroatoms. The van der Waals surface area contributed by atoms with Gasteiger partial charge in [0.1, 0.15) is 0 Å². The fourth-order valence-electron chi connectivity index (χ4n) is 2.09. The van der Waals surface area contributed by atoms with Crippen LogP contribution in [0.3, 0.4) is 0 Å². The van der Waals surface area contributed by atoms with E-state index in [1.807, 2.05) is 24.3 Å². The van der Waals surface area contributed by atoms with Gasteiger partial charge in [-0.3, -0.25) is 0 Å². The molecule has 0 nitrogen and oxygen atoms in total. The standard InChI is InChI=1S/C20H25Br/c1-2-3-4-5-6-7-8-9-10-11-12-13-14-19-15-17-20(21)18-16-19/h15-18H,2-10H2,1H3. The predicted molar refractivity (Wildman–Crippen MR) is 96.0 cm³/mol. The maximum Gasteiger partial charge on any atom is 0.0256 e. The quantitative estimate of drug-likeness (QED) is 0.381. The molecule has 0 spiro atoms. The van der Waals surface area contributed by atoms with Gasteiger partial charge in [0.2, 0.25) is 0 Å². The molecule has 1 rings (SSSR count). The first-order valence-corrected chi connectivity index (χ1v) is 8.86. The van der Waals surface area contributed by atoms with E-state index >= 15 is 0 Å². The molecule has 0 aliphatic carbocycles. The molecule has 0 saturated heterocycles. The van der Waals surface area contributed by atoms with Crippen LogP contribution in [0.25, 0.3) is 0 Å². The molecule has 0 atom stereocenters. The van der Waals surface area contributed by atoms with Crippen molar-refractivity contribution < 1.29 is 0 Å². The highest BCUT2D eigenvalue weighted by Crippen LogP contribution is 2.10. The fourth-order valence-corrected chi connectivity index (χ4v) is 2.35. The third-order valence-electron chi connectivity index (χ3n) is 3.36. The molecule has 1 aromatic carbocycles. The minimum absolute atomic E-state index is 0.976. The van der Waals surface area contributed by atoms with E-state index in [4.69, 9.17) is 0 Å². The van der Waals surface area contributed by atoms with Crippen molar-refractivity contribution in [2.45, 2.75) is 64.7 Å². The fraction of sp³-hybridized carbons (Fsp3) is 0.500. The van der Waals surface area contributed by atoms with E-state index in [1.54, 1.807) is 0 Å². The van der Waals surface area contributed by atoms with Crippen LogP contribution < -0.4 is 0 Å². The van der Waals surface area contributed by atoms with Gasteiger partial charge >= 0.3 is 0 Å². The number of hydrogen-bond acceptors (Lipinski definition) is 0. The summed E-state index contributed by atoms with van der Waals surface area (Å²) in [5, 5.41) is 0. The zero-order valence-corrected chi connectivity index (χ0v) is 14.6. The molecule has 0 radical (unpaired) electrons. The highest BCUT2D eigenvalue weighted by molar-refractivity contribution is 9.10. The van der Waals surface area contributed by atoms with Gasteiger partial charge in [0.15, 0.2) is 0 Å². The second kappa shape index (κ2) is 12.6. The Morgan fingerprint density at radius 3 is 2.10 bits per heavy atom. The van der Waals surface area contributed by atoms with Crippen molar-refractivity contribution in [1.29, 1.82) is 0 Å². The second-order valence-electron chi connectivity index (χ2n) is 5.28. The zero-order chi connectivity index (χ0) is 15.2. The van der Waals surface area contributed by atoms with E-state index in [0.29, 0.717) is 0 Å². The Morgan fingerprint density at radius 1 is 0.810 bits per heavy atom. The highest BCUT2D eigenvalue weighted by atomic mass is 79.9. The van der Waals surface area contributed by atoms with E-state index in [9.17, 15) is 0 Å². The van der Waals surface area contributed by atoms with Crippen LogP contribution in [0.4, 0.5) is 0 Å². The summed E-state index contributed by atoms with van der Waals surface area (Å²) in [5.41, 5.74) is 1.01. The number of rotatable bonds is 8. The third kappa shape index (κ3) is 10.2. The highest BCUT2D eigenvalue weighted by Gasteiger charge is 1.90. The van der Waals surface area contributed by atoms with Gasteiger partial charge in [-0.2, -0.15) is 0 Å². The molecule has 112 valence electrons. The molecular weight excluding hydrogens is 320 g/mol. The molecule has 0 unspecified atom stereocenters. The van der Waals surface area contributed by atoms with Gasteiger partial charge in [-0.1, -0.05) is 79.6 Å². The van der Waals surface area contributed by atoms with Crippen molar-refractivity contribution in [2.75, 3.05) is 0 Å². The maximum absolute atomic E-state index is 3.41. The molecule has 21 heavy (non-hydrogen) atoms. The average molecular weight is 345 g/mol. The number of benzene rings is 1. The Kier molecular flexibility index (Phi) is 10.7. The lowest BCUT2D eigenvalue weighted by molar-refractivity contribution is 0.579. The minimum atomic E-state index is 0.976. The van der Waals surface area contributed by atoms with Crippen molar-refractivity contribution in [1.82, 2.24) is 0 Å². The molecule has 0 amide bonds. The zero-order valence-electron chi connectivity index (χ0n) is 13.1. The van der Waals surface area contributed by atoms with Gasteiger partial charge in [-0.15, -0.1) is 0 Å². The van der Waals surface area contributed by atoms with Crippen molar-refractivity contribution in [2.24, 2.45) is 0 Å². The van der Waals surface area contributed by atoms with E-state index < -0.39 is 0 Å². The second-order valence-corrected chi connectivity index (χ2v) is 6.20. The summed E-state index contributed by atoms with van der Waals surface area (Å²) >= 11 is 3.41. The molecule has 0 N–H and O–H groups in total. The van der Waals surface area contributed by atoms with E-state index in [0.717, 1.165) is 16.5 Å². The first kappa shape index (κ1) is 17.9. The van der Waals surface area contributed by atoms with Crippen LogP contribution in [0.2, 0.25) is 0 Å². The molecule has 0 aliphatic rings. The number of hydrogen-bond donors (Lipinski definition) is 0. The Morgan fingerprint density at radius 2 is 1.43 bits per heavy atom. The van der Waals surface area contributed by atoms with Crippen LogP contribution in [-0.2, 0) is 0 Å². The van der Waals surface area contributed by atoms with Crippen molar-refractivity contribution >= 4 is 15.9 Å². The van der Waals surface area contributed by atoms with E-state index in [2.05, 4.69) is 46.5 Å². The Labute approximate surface area is 138 Å². The molecule has 0 bridgehead atoms. The van der Waals surface area contributed by atoms with Crippen molar-refractivity contribution in [3.63, 3.8) is 0 Å². The Balaban J connectivity index is 2.05. The van der Waals surface area contributed by atoms with Crippen LogP contribution >= 0.6 is 15.9 Å². The molecular formula is C20H25Br. The molecule has 0 aliphatic heterocycles. The van der Waals surface area contributed by atoms with Gasteiger partial charge < -0.3 is 0 Å². The van der Waals surface area contributed by atoms with Crippen LogP contribution in [0.15, 0.2) is 28.7 Å². The molecule has 0 heterocycles. The van der Waals surface area contributed by atoms with Gasteiger partial charge in [-0.05, 0) is 42.5 Å². The summed E-state index contributed by atoms with van der Waals surface area (Å²) in [7, 11) is 0. The molecule has 1 aromatic rings. The first-order valence-electron chi connectivity index (χ1n) is 8.07. The minimum Gasteiger partial charge on any atom is -0.0891 e. The normalized spacial score (nSPS) is 9.43. The lowest BCUT2D eigenvalue weighted by Crippen LogP contribution is -1.80. The van der Waals surface area contributed by atoms with Crippen LogP contribution in [0.1, 0.15) is 70.3 Å². The SMILES string of the molecule is CCCCCCCCCCC#CC#Cc1ccc(Br)cc1. The summed E-state index contributed by atoms with van der Waals surface area (Å²) in [6, 6.07) is 7.99. The van der Waals surface area contributed by atoms with Gasteiger partial charge in [0.25, 0.3) is 0 Å². The van der Waals surface area contributed by atoms with Gasteiger partial charge in [0, 0.05) is 16.5 Å². The Hall–Kier alpha value is -1.18. The smallest absolute Gasteiger partial charge is 0.0256 e. The lowest BCUT2D eigenvalue weighted by atomic mass is 10.1. The monoisotopic (exact) mass is 344 g/mol. The molecule has 0 fully saturated rings. The van der Waals surface area contributed by atoms with E-state index in [1.165, 1.54) is 51.4 Å². The van der Waals surface area contributed by atoms with E-state index in [-0.39, 0.29) is 0 Å². The number of halogens is 1. The summed E-state index contributed by atoms with van der Waals surface area (Å²) in [6.45, 7) is 2.26. The lowest BCUT2D eigenvalue weighted by Gasteiger charge is -1.98. The third-order valence-corrected chi connectivity index (χ3v) is 3.89.